The fraction of sp³-hybridized carbons (Fsp3) is 0.588. The maximum atomic E-state index is 11.5. The highest BCUT2D eigenvalue weighted by Crippen LogP contribution is 2.39. The van der Waals surface area contributed by atoms with Gasteiger partial charge in [0.25, 0.3) is 0 Å². The van der Waals surface area contributed by atoms with Gasteiger partial charge in [-0.1, -0.05) is 56.0 Å². The fourth-order valence-electron chi connectivity index (χ4n) is 4.01. The van der Waals surface area contributed by atoms with E-state index in [2.05, 4.69) is 29.2 Å². The van der Waals surface area contributed by atoms with Crippen LogP contribution in [-0.4, -0.2) is 29.1 Å². The zero-order valence-electron chi connectivity index (χ0n) is 11.9. The molecule has 0 spiro atoms. The number of benzene rings is 1. The Morgan fingerprint density at radius 3 is 2.50 bits per heavy atom. The molecule has 3 rings (SSSR count). The third-order valence-corrected chi connectivity index (χ3v) is 5.01. The molecule has 0 amide bonds. The molecule has 0 radical (unpaired) electrons. The van der Waals surface area contributed by atoms with Crippen molar-refractivity contribution in [2.75, 3.05) is 13.1 Å². The summed E-state index contributed by atoms with van der Waals surface area (Å²) in [7, 11) is 0. The third kappa shape index (κ3) is 2.88. The minimum absolute atomic E-state index is 0.165. The van der Waals surface area contributed by atoms with E-state index in [1.165, 1.54) is 31.2 Å². The minimum atomic E-state index is -0.600. The molecular weight excluding hydrogens is 250 g/mol. The first-order valence-electron chi connectivity index (χ1n) is 7.73. The Morgan fingerprint density at radius 1 is 1.15 bits per heavy atom. The maximum absolute atomic E-state index is 11.5. The molecule has 3 nitrogen and oxygen atoms in total. The second-order valence-corrected chi connectivity index (χ2v) is 6.33. The van der Waals surface area contributed by atoms with Crippen LogP contribution in [-0.2, 0) is 11.3 Å². The topological polar surface area (TPSA) is 40.5 Å². The molecule has 0 unspecified atom stereocenters. The monoisotopic (exact) mass is 273 g/mol. The molecule has 1 saturated heterocycles. The van der Waals surface area contributed by atoms with E-state index in [9.17, 15) is 9.90 Å². The first-order chi connectivity index (χ1) is 9.74. The predicted octanol–water partition coefficient (Wildman–Crippen LogP) is 3.01. The Balaban J connectivity index is 1.68. The number of carboxylic acids is 1. The Bertz CT molecular complexity index is 453. The van der Waals surface area contributed by atoms with Gasteiger partial charge in [0.15, 0.2) is 0 Å². The van der Waals surface area contributed by atoms with E-state index in [0.717, 1.165) is 13.1 Å². The van der Waals surface area contributed by atoms with Gasteiger partial charge >= 0.3 is 5.97 Å². The van der Waals surface area contributed by atoms with Gasteiger partial charge in [-0.3, -0.25) is 9.69 Å². The number of rotatable bonds is 4. The standard InChI is InChI=1S/C17H23NO2/c19-17(20)16-12-18(10-13-6-2-1-3-7-13)11-15(16)14-8-4-5-9-14/h1-3,6-7,14-16H,4-5,8-12H2,(H,19,20)/t15-,16-/m0/s1. The molecule has 1 aliphatic heterocycles. The van der Waals surface area contributed by atoms with Crippen molar-refractivity contribution in [2.45, 2.75) is 32.2 Å². The van der Waals surface area contributed by atoms with Crippen molar-refractivity contribution in [1.82, 2.24) is 4.90 Å². The molecule has 1 aliphatic carbocycles. The molecule has 0 bridgehead atoms. The number of hydrogen-bond donors (Lipinski definition) is 1. The highest BCUT2D eigenvalue weighted by Gasteiger charge is 2.42. The Morgan fingerprint density at radius 2 is 1.85 bits per heavy atom. The van der Waals surface area contributed by atoms with Crippen molar-refractivity contribution in [3.8, 4) is 0 Å². The molecule has 3 heteroatoms. The van der Waals surface area contributed by atoms with Gasteiger partial charge in [0.1, 0.15) is 0 Å². The number of carboxylic acid groups (broad SMARTS) is 1. The van der Waals surface area contributed by atoms with Crippen molar-refractivity contribution in [3.63, 3.8) is 0 Å². The third-order valence-electron chi connectivity index (χ3n) is 5.01. The van der Waals surface area contributed by atoms with Crippen molar-refractivity contribution < 1.29 is 9.90 Å². The Labute approximate surface area is 120 Å². The van der Waals surface area contributed by atoms with Gasteiger partial charge in [-0.15, -0.1) is 0 Å². The molecule has 1 saturated carbocycles. The molecule has 0 aromatic heterocycles. The lowest BCUT2D eigenvalue weighted by Crippen LogP contribution is -2.26. The summed E-state index contributed by atoms with van der Waals surface area (Å²) in [6.45, 7) is 2.55. The van der Waals surface area contributed by atoms with E-state index >= 15 is 0 Å². The quantitative estimate of drug-likeness (QED) is 0.916. The molecule has 108 valence electrons. The second kappa shape index (κ2) is 5.96. The van der Waals surface area contributed by atoms with Crippen LogP contribution in [0.1, 0.15) is 31.2 Å². The summed E-state index contributed by atoms with van der Waals surface area (Å²) >= 11 is 0. The lowest BCUT2D eigenvalue weighted by Gasteiger charge is -2.21. The van der Waals surface area contributed by atoms with E-state index in [1.807, 2.05) is 6.07 Å². The van der Waals surface area contributed by atoms with E-state index in [4.69, 9.17) is 0 Å². The van der Waals surface area contributed by atoms with Crippen LogP contribution in [0.15, 0.2) is 30.3 Å². The van der Waals surface area contributed by atoms with Gasteiger partial charge in [0.05, 0.1) is 5.92 Å². The minimum Gasteiger partial charge on any atom is -0.481 e. The van der Waals surface area contributed by atoms with Gasteiger partial charge in [0, 0.05) is 19.6 Å². The molecule has 2 aliphatic rings. The van der Waals surface area contributed by atoms with E-state index in [-0.39, 0.29) is 5.92 Å². The lowest BCUT2D eigenvalue weighted by molar-refractivity contribution is -0.143. The van der Waals surface area contributed by atoms with Crippen LogP contribution < -0.4 is 0 Å². The summed E-state index contributed by atoms with van der Waals surface area (Å²) < 4.78 is 0. The molecule has 1 heterocycles. The van der Waals surface area contributed by atoms with Gasteiger partial charge < -0.3 is 5.11 Å². The van der Waals surface area contributed by atoms with E-state index < -0.39 is 5.97 Å². The molecule has 20 heavy (non-hydrogen) atoms. The number of nitrogens with zero attached hydrogens (tertiary/aromatic N) is 1. The first-order valence-corrected chi connectivity index (χ1v) is 7.73. The van der Waals surface area contributed by atoms with Crippen molar-refractivity contribution >= 4 is 5.97 Å². The van der Waals surface area contributed by atoms with Crippen LogP contribution in [0.25, 0.3) is 0 Å². The van der Waals surface area contributed by atoms with Crippen LogP contribution in [0.3, 0.4) is 0 Å². The number of hydrogen-bond acceptors (Lipinski definition) is 2. The maximum Gasteiger partial charge on any atom is 0.308 e. The Kier molecular flexibility index (Phi) is 4.06. The van der Waals surface area contributed by atoms with Crippen LogP contribution in [0.5, 0.6) is 0 Å². The number of carbonyl (C=O) groups is 1. The van der Waals surface area contributed by atoms with Gasteiger partial charge in [-0.05, 0) is 17.4 Å². The molecule has 1 aromatic rings. The van der Waals surface area contributed by atoms with Crippen molar-refractivity contribution in [2.24, 2.45) is 17.8 Å². The summed E-state index contributed by atoms with van der Waals surface area (Å²) in [6, 6.07) is 10.4. The zero-order valence-corrected chi connectivity index (χ0v) is 11.9. The zero-order chi connectivity index (χ0) is 13.9. The summed E-state index contributed by atoms with van der Waals surface area (Å²) in [4.78, 5) is 13.9. The summed E-state index contributed by atoms with van der Waals surface area (Å²) in [6.07, 6.45) is 5.03. The molecule has 2 fully saturated rings. The van der Waals surface area contributed by atoms with Crippen LogP contribution in [0.2, 0.25) is 0 Å². The average molecular weight is 273 g/mol. The number of aliphatic carboxylic acids is 1. The highest BCUT2D eigenvalue weighted by molar-refractivity contribution is 5.71. The first kappa shape index (κ1) is 13.6. The van der Waals surface area contributed by atoms with Crippen molar-refractivity contribution in [3.05, 3.63) is 35.9 Å². The van der Waals surface area contributed by atoms with Crippen LogP contribution in [0.4, 0.5) is 0 Å². The van der Waals surface area contributed by atoms with Crippen LogP contribution in [0, 0.1) is 17.8 Å². The average Bonchev–Trinajstić information content (AvgIpc) is 3.08. The second-order valence-electron chi connectivity index (χ2n) is 6.33. The van der Waals surface area contributed by atoms with Crippen molar-refractivity contribution in [1.29, 1.82) is 0 Å². The summed E-state index contributed by atoms with van der Waals surface area (Å²) in [5.41, 5.74) is 1.28. The summed E-state index contributed by atoms with van der Waals surface area (Å²) in [5.74, 6) is 0.231. The van der Waals surface area contributed by atoms with E-state index in [1.54, 1.807) is 0 Å². The van der Waals surface area contributed by atoms with Crippen LogP contribution >= 0.6 is 0 Å². The summed E-state index contributed by atoms with van der Waals surface area (Å²) in [5, 5.41) is 9.50. The molecule has 1 aromatic carbocycles. The molecular formula is C17H23NO2. The van der Waals surface area contributed by atoms with Gasteiger partial charge in [-0.25, -0.2) is 0 Å². The largest absolute Gasteiger partial charge is 0.481 e. The van der Waals surface area contributed by atoms with Gasteiger partial charge in [-0.2, -0.15) is 0 Å². The predicted molar refractivity (Wildman–Crippen MR) is 78.3 cm³/mol. The van der Waals surface area contributed by atoms with Gasteiger partial charge in [0.2, 0.25) is 0 Å². The fourth-order valence-corrected chi connectivity index (χ4v) is 4.01. The number of likely N-dealkylation sites (tertiary alicyclic amines) is 1. The molecule has 2 atom stereocenters. The van der Waals surface area contributed by atoms with E-state index in [0.29, 0.717) is 18.4 Å². The lowest BCUT2D eigenvalue weighted by atomic mass is 9.83. The molecule has 1 N–H and O–H groups in total. The SMILES string of the molecule is O=C(O)[C@H]1CN(Cc2ccccc2)C[C@H]1C1CCCC1. The smallest absolute Gasteiger partial charge is 0.308 e. The highest BCUT2D eigenvalue weighted by atomic mass is 16.4. The normalized spacial score (nSPS) is 28.0. The Hall–Kier alpha value is -1.35.